The van der Waals surface area contributed by atoms with E-state index >= 15 is 0 Å². The second kappa shape index (κ2) is 4.77. The van der Waals surface area contributed by atoms with Gasteiger partial charge in [0.05, 0.1) is 18.5 Å². The van der Waals surface area contributed by atoms with E-state index in [2.05, 4.69) is 24.2 Å². The van der Waals surface area contributed by atoms with Crippen LogP contribution in [0, 0.1) is 6.92 Å². The Hall–Kier alpha value is -1.87. The van der Waals surface area contributed by atoms with Gasteiger partial charge in [-0.2, -0.15) is 5.10 Å². The molecule has 1 heterocycles. The van der Waals surface area contributed by atoms with Crippen molar-refractivity contribution in [1.29, 1.82) is 0 Å². The SMILES string of the molecule is Cc1cccc(-n2cc(C=CCO)cn2)c1. The van der Waals surface area contributed by atoms with Crippen molar-refractivity contribution in [1.82, 2.24) is 9.78 Å². The Morgan fingerprint density at radius 2 is 2.31 bits per heavy atom. The van der Waals surface area contributed by atoms with Crippen molar-refractivity contribution in [2.45, 2.75) is 6.92 Å². The van der Waals surface area contributed by atoms with Gasteiger partial charge in [0.1, 0.15) is 0 Å². The van der Waals surface area contributed by atoms with Crippen LogP contribution in [0.5, 0.6) is 0 Å². The van der Waals surface area contributed by atoms with Gasteiger partial charge in [-0.05, 0) is 24.6 Å². The molecule has 0 saturated carbocycles. The molecular formula is C13H14N2O. The molecule has 2 rings (SSSR count). The van der Waals surface area contributed by atoms with Gasteiger partial charge in [-0.15, -0.1) is 0 Å². The highest BCUT2D eigenvalue weighted by Crippen LogP contribution is 2.10. The summed E-state index contributed by atoms with van der Waals surface area (Å²) in [4.78, 5) is 0. The molecule has 0 aliphatic heterocycles. The van der Waals surface area contributed by atoms with Crippen LogP contribution in [0.1, 0.15) is 11.1 Å². The third-order valence-corrected chi connectivity index (χ3v) is 2.28. The quantitative estimate of drug-likeness (QED) is 0.850. The lowest BCUT2D eigenvalue weighted by atomic mass is 10.2. The highest BCUT2D eigenvalue weighted by Gasteiger charge is 1.98. The van der Waals surface area contributed by atoms with E-state index in [9.17, 15) is 0 Å². The van der Waals surface area contributed by atoms with E-state index in [4.69, 9.17) is 5.11 Å². The van der Waals surface area contributed by atoms with Gasteiger partial charge in [-0.25, -0.2) is 4.68 Å². The zero-order valence-electron chi connectivity index (χ0n) is 9.17. The largest absolute Gasteiger partial charge is 0.392 e. The lowest BCUT2D eigenvalue weighted by molar-refractivity contribution is 0.343. The summed E-state index contributed by atoms with van der Waals surface area (Å²) < 4.78 is 1.82. The minimum atomic E-state index is 0.0512. The normalized spacial score (nSPS) is 11.1. The van der Waals surface area contributed by atoms with Crippen LogP contribution >= 0.6 is 0 Å². The van der Waals surface area contributed by atoms with Crippen molar-refractivity contribution >= 4 is 6.08 Å². The summed E-state index contributed by atoms with van der Waals surface area (Å²) in [6, 6.07) is 8.15. The third-order valence-electron chi connectivity index (χ3n) is 2.28. The fourth-order valence-electron chi connectivity index (χ4n) is 1.52. The second-order valence-electron chi connectivity index (χ2n) is 3.64. The zero-order chi connectivity index (χ0) is 11.4. The zero-order valence-corrected chi connectivity index (χ0v) is 9.17. The molecule has 0 unspecified atom stereocenters. The van der Waals surface area contributed by atoms with E-state index in [1.54, 1.807) is 12.3 Å². The summed E-state index contributed by atoms with van der Waals surface area (Å²) in [5, 5.41) is 12.9. The first-order valence-corrected chi connectivity index (χ1v) is 5.19. The van der Waals surface area contributed by atoms with E-state index in [0.29, 0.717) is 0 Å². The van der Waals surface area contributed by atoms with Crippen LogP contribution in [0.15, 0.2) is 42.7 Å². The Bertz CT molecular complexity index is 500. The average molecular weight is 214 g/mol. The monoisotopic (exact) mass is 214 g/mol. The maximum absolute atomic E-state index is 8.67. The van der Waals surface area contributed by atoms with E-state index in [1.165, 1.54) is 5.56 Å². The summed E-state index contributed by atoms with van der Waals surface area (Å²) in [5.74, 6) is 0. The fraction of sp³-hybridized carbons (Fsp3) is 0.154. The summed E-state index contributed by atoms with van der Waals surface area (Å²) in [6.07, 6.45) is 7.24. The van der Waals surface area contributed by atoms with E-state index in [1.807, 2.05) is 29.1 Å². The van der Waals surface area contributed by atoms with Crippen LogP contribution in [-0.4, -0.2) is 21.5 Å². The van der Waals surface area contributed by atoms with Crippen LogP contribution in [0.25, 0.3) is 11.8 Å². The Balaban J connectivity index is 2.28. The number of hydrogen-bond donors (Lipinski definition) is 1. The molecule has 0 spiro atoms. The Labute approximate surface area is 94.7 Å². The molecule has 0 aliphatic rings. The summed E-state index contributed by atoms with van der Waals surface area (Å²) >= 11 is 0. The van der Waals surface area contributed by atoms with E-state index < -0.39 is 0 Å². The lowest BCUT2D eigenvalue weighted by Gasteiger charge is -2.01. The molecule has 1 N–H and O–H groups in total. The van der Waals surface area contributed by atoms with Gasteiger partial charge in [-0.3, -0.25) is 0 Å². The molecule has 0 amide bonds. The summed E-state index contributed by atoms with van der Waals surface area (Å²) in [7, 11) is 0. The highest BCUT2D eigenvalue weighted by molar-refractivity contribution is 5.48. The molecule has 16 heavy (non-hydrogen) atoms. The smallest absolute Gasteiger partial charge is 0.0648 e. The molecule has 0 saturated heterocycles. The summed E-state index contributed by atoms with van der Waals surface area (Å²) in [5.41, 5.74) is 3.24. The maximum Gasteiger partial charge on any atom is 0.0648 e. The van der Waals surface area contributed by atoms with Gasteiger partial charge in [0.25, 0.3) is 0 Å². The molecule has 0 bridgehead atoms. The Kier molecular flexibility index (Phi) is 3.17. The van der Waals surface area contributed by atoms with Crippen LogP contribution < -0.4 is 0 Å². The molecule has 1 aromatic heterocycles. The molecule has 3 heteroatoms. The van der Waals surface area contributed by atoms with Crippen molar-refractivity contribution in [2.75, 3.05) is 6.61 Å². The number of aliphatic hydroxyl groups is 1. The molecule has 2 aromatic rings. The van der Waals surface area contributed by atoms with Gasteiger partial charge in [0, 0.05) is 11.8 Å². The average Bonchev–Trinajstić information content (AvgIpc) is 2.75. The van der Waals surface area contributed by atoms with Gasteiger partial charge in [-0.1, -0.05) is 24.3 Å². The molecule has 0 radical (unpaired) electrons. The number of benzene rings is 1. The minimum Gasteiger partial charge on any atom is -0.392 e. The van der Waals surface area contributed by atoms with Crippen molar-refractivity contribution in [3.8, 4) is 5.69 Å². The first-order chi connectivity index (χ1) is 7.79. The predicted octanol–water partition coefficient (Wildman–Crippen LogP) is 2.19. The molecule has 0 aliphatic carbocycles. The third kappa shape index (κ3) is 2.38. The van der Waals surface area contributed by atoms with Crippen molar-refractivity contribution in [3.63, 3.8) is 0 Å². The summed E-state index contributed by atoms with van der Waals surface area (Å²) in [6.45, 7) is 2.11. The van der Waals surface area contributed by atoms with Crippen molar-refractivity contribution < 1.29 is 5.11 Å². The number of aromatic nitrogens is 2. The number of rotatable bonds is 3. The molecule has 82 valence electrons. The van der Waals surface area contributed by atoms with Gasteiger partial charge in [0.15, 0.2) is 0 Å². The molecule has 0 atom stereocenters. The van der Waals surface area contributed by atoms with Gasteiger partial charge < -0.3 is 5.11 Å². The van der Waals surface area contributed by atoms with Crippen LogP contribution in [0.3, 0.4) is 0 Å². The van der Waals surface area contributed by atoms with Crippen LogP contribution in [0.2, 0.25) is 0 Å². The number of nitrogens with zero attached hydrogens (tertiary/aromatic N) is 2. The Morgan fingerprint density at radius 1 is 1.44 bits per heavy atom. The fourth-order valence-corrected chi connectivity index (χ4v) is 1.52. The standard InChI is InChI=1S/C13H14N2O/c1-11-4-2-6-13(8-11)15-10-12(9-14-15)5-3-7-16/h2-6,8-10,16H,7H2,1H3. The van der Waals surface area contributed by atoms with Gasteiger partial charge >= 0.3 is 0 Å². The van der Waals surface area contributed by atoms with E-state index in [-0.39, 0.29) is 6.61 Å². The second-order valence-corrected chi connectivity index (χ2v) is 3.64. The molecule has 0 fully saturated rings. The minimum absolute atomic E-state index is 0.0512. The molecule has 1 aromatic carbocycles. The number of aryl methyl sites for hydroxylation is 1. The Morgan fingerprint density at radius 3 is 3.06 bits per heavy atom. The first-order valence-electron chi connectivity index (χ1n) is 5.19. The highest BCUT2D eigenvalue weighted by atomic mass is 16.2. The number of aliphatic hydroxyl groups excluding tert-OH is 1. The van der Waals surface area contributed by atoms with Crippen molar-refractivity contribution in [3.05, 3.63) is 53.9 Å². The first kappa shape index (κ1) is 10.6. The molecule has 3 nitrogen and oxygen atoms in total. The maximum atomic E-state index is 8.67. The van der Waals surface area contributed by atoms with Crippen LogP contribution in [0.4, 0.5) is 0 Å². The predicted molar refractivity (Wildman–Crippen MR) is 64.4 cm³/mol. The lowest BCUT2D eigenvalue weighted by Crippen LogP contribution is -1.93. The van der Waals surface area contributed by atoms with Crippen LogP contribution in [-0.2, 0) is 0 Å². The van der Waals surface area contributed by atoms with Gasteiger partial charge in [0.2, 0.25) is 0 Å². The van der Waals surface area contributed by atoms with E-state index in [0.717, 1.165) is 11.3 Å². The van der Waals surface area contributed by atoms with Crippen molar-refractivity contribution in [2.24, 2.45) is 0 Å². The number of hydrogen-bond acceptors (Lipinski definition) is 2. The molecular weight excluding hydrogens is 200 g/mol. The topological polar surface area (TPSA) is 38.0 Å².